The van der Waals surface area contributed by atoms with E-state index in [1.165, 1.54) is 44.5 Å². The Kier molecular flexibility index (Phi) is 10.2. The molecule has 0 amide bonds. The smallest absolute Gasteiger partial charge is 0.190 e. The van der Waals surface area contributed by atoms with Crippen LogP contribution in [0.5, 0.6) is 0 Å². The number of aliphatic imine (C=N–C) groups is 1. The number of guanidine groups is 1. The number of nitrogens with one attached hydrogen (secondary N) is 2. The summed E-state index contributed by atoms with van der Waals surface area (Å²) < 4.78 is 0. The number of halogens is 1. The number of nitrogens with zero attached hydrogens (tertiary/aromatic N) is 2. The van der Waals surface area contributed by atoms with E-state index < -0.39 is 0 Å². The molecule has 0 saturated carbocycles. The maximum absolute atomic E-state index is 4.27. The van der Waals surface area contributed by atoms with Crippen LogP contribution >= 0.6 is 24.0 Å². The minimum absolute atomic E-state index is 0. The molecule has 0 atom stereocenters. The van der Waals surface area contributed by atoms with Crippen molar-refractivity contribution in [2.45, 2.75) is 25.7 Å². The van der Waals surface area contributed by atoms with Crippen molar-refractivity contribution in [2.75, 3.05) is 39.8 Å². The van der Waals surface area contributed by atoms with Crippen LogP contribution in [0.2, 0.25) is 0 Å². The van der Waals surface area contributed by atoms with E-state index in [0.717, 1.165) is 25.5 Å². The van der Waals surface area contributed by atoms with E-state index in [2.05, 4.69) is 50.9 Å². The Morgan fingerprint density at radius 1 is 1.09 bits per heavy atom. The molecule has 1 aliphatic rings. The molecular formula is C17H29IN4. The highest BCUT2D eigenvalue weighted by Crippen LogP contribution is 2.06. The zero-order valence-electron chi connectivity index (χ0n) is 13.6. The molecule has 0 bridgehead atoms. The first-order valence-corrected chi connectivity index (χ1v) is 8.09. The molecule has 1 aromatic carbocycles. The van der Waals surface area contributed by atoms with Gasteiger partial charge in [0.25, 0.3) is 0 Å². The summed E-state index contributed by atoms with van der Waals surface area (Å²) >= 11 is 0. The molecule has 124 valence electrons. The zero-order chi connectivity index (χ0) is 14.8. The monoisotopic (exact) mass is 416 g/mol. The van der Waals surface area contributed by atoms with Crippen molar-refractivity contribution in [1.82, 2.24) is 15.5 Å². The van der Waals surface area contributed by atoms with Gasteiger partial charge in [0.1, 0.15) is 0 Å². The fourth-order valence-corrected chi connectivity index (χ4v) is 2.71. The molecule has 0 aromatic heterocycles. The molecule has 1 aromatic rings. The first-order valence-electron chi connectivity index (χ1n) is 8.09. The Labute approximate surface area is 151 Å². The molecule has 1 saturated heterocycles. The predicted molar refractivity (Wildman–Crippen MR) is 105 cm³/mol. The lowest BCUT2D eigenvalue weighted by Crippen LogP contribution is -2.39. The Morgan fingerprint density at radius 3 is 2.45 bits per heavy atom. The Balaban J connectivity index is 0.00000242. The van der Waals surface area contributed by atoms with Gasteiger partial charge in [-0.3, -0.25) is 4.99 Å². The molecule has 1 fully saturated rings. The molecule has 1 heterocycles. The molecule has 0 spiro atoms. The van der Waals surface area contributed by atoms with Crippen molar-refractivity contribution in [1.29, 1.82) is 0 Å². The fraction of sp³-hybridized carbons (Fsp3) is 0.588. The standard InChI is InChI=1S/C17H28N4.HI/c1-18-17(19-11-7-15-21-13-5-6-14-21)20-12-10-16-8-3-2-4-9-16;/h2-4,8-9H,5-7,10-15H2,1H3,(H2,18,19,20);1H. The quantitative estimate of drug-likeness (QED) is 0.311. The number of hydrogen-bond donors (Lipinski definition) is 2. The zero-order valence-corrected chi connectivity index (χ0v) is 15.9. The predicted octanol–water partition coefficient (Wildman–Crippen LogP) is 2.50. The molecule has 5 heteroatoms. The molecule has 4 nitrogen and oxygen atoms in total. The number of likely N-dealkylation sites (tertiary alicyclic amines) is 1. The van der Waals surface area contributed by atoms with E-state index in [1.807, 2.05) is 7.05 Å². The second-order valence-electron chi connectivity index (χ2n) is 5.56. The maximum atomic E-state index is 4.27. The van der Waals surface area contributed by atoms with Gasteiger partial charge in [-0.15, -0.1) is 24.0 Å². The molecule has 0 aliphatic carbocycles. The highest BCUT2D eigenvalue weighted by Gasteiger charge is 2.10. The van der Waals surface area contributed by atoms with Crippen LogP contribution in [-0.2, 0) is 6.42 Å². The SMILES string of the molecule is CN=C(NCCCN1CCCC1)NCCc1ccccc1.I. The Hall–Kier alpha value is -0.820. The Bertz CT molecular complexity index is 416. The van der Waals surface area contributed by atoms with Gasteiger partial charge >= 0.3 is 0 Å². The molecule has 22 heavy (non-hydrogen) atoms. The lowest BCUT2D eigenvalue weighted by Gasteiger charge is -2.16. The van der Waals surface area contributed by atoms with Gasteiger partial charge in [0.05, 0.1) is 0 Å². The van der Waals surface area contributed by atoms with Gasteiger partial charge in [-0.05, 0) is 50.9 Å². The molecule has 0 unspecified atom stereocenters. The van der Waals surface area contributed by atoms with E-state index in [0.29, 0.717) is 0 Å². The summed E-state index contributed by atoms with van der Waals surface area (Å²) in [5, 5.41) is 6.76. The van der Waals surface area contributed by atoms with Crippen LogP contribution in [0.1, 0.15) is 24.8 Å². The average Bonchev–Trinajstić information content (AvgIpc) is 3.04. The molecular weight excluding hydrogens is 387 g/mol. The van der Waals surface area contributed by atoms with Gasteiger partial charge in [0.15, 0.2) is 5.96 Å². The van der Waals surface area contributed by atoms with E-state index >= 15 is 0 Å². The van der Waals surface area contributed by atoms with Crippen molar-refractivity contribution in [3.05, 3.63) is 35.9 Å². The molecule has 2 rings (SSSR count). The Morgan fingerprint density at radius 2 is 1.77 bits per heavy atom. The highest BCUT2D eigenvalue weighted by atomic mass is 127. The van der Waals surface area contributed by atoms with E-state index in [4.69, 9.17) is 0 Å². The van der Waals surface area contributed by atoms with Gasteiger partial charge < -0.3 is 15.5 Å². The van der Waals surface area contributed by atoms with Crippen LogP contribution in [0, 0.1) is 0 Å². The van der Waals surface area contributed by atoms with Crippen molar-refractivity contribution >= 4 is 29.9 Å². The van der Waals surface area contributed by atoms with Crippen LogP contribution in [0.3, 0.4) is 0 Å². The first kappa shape index (κ1) is 19.2. The van der Waals surface area contributed by atoms with Gasteiger partial charge in [-0.2, -0.15) is 0 Å². The van der Waals surface area contributed by atoms with Crippen molar-refractivity contribution in [3.8, 4) is 0 Å². The largest absolute Gasteiger partial charge is 0.356 e. The van der Waals surface area contributed by atoms with Crippen molar-refractivity contribution < 1.29 is 0 Å². The van der Waals surface area contributed by atoms with E-state index in [9.17, 15) is 0 Å². The van der Waals surface area contributed by atoms with Gasteiger partial charge in [-0.1, -0.05) is 30.3 Å². The van der Waals surface area contributed by atoms with E-state index in [-0.39, 0.29) is 24.0 Å². The van der Waals surface area contributed by atoms with Crippen LogP contribution in [0.15, 0.2) is 35.3 Å². The number of hydrogen-bond acceptors (Lipinski definition) is 2. The summed E-state index contributed by atoms with van der Waals surface area (Å²) in [5.41, 5.74) is 1.36. The molecule has 1 aliphatic heterocycles. The van der Waals surface area contributed by atoms with Gasteiger partial charge in [-0.25, -0.2) is 0 Å². The van der Waals surface area contributed by atoms with Crippen LogP contribution in [0.4, 0.5) is 0 Å². The second kappa shape index (κ2) is 11.7. The lowest BCUT2D eigenvalue weighted by atomic mass is 10.1. The third kappa shape index (κ3) is 7.45. The van der Waals surface area contributed by atoms with Crippen LogP contribution in [-0.4, -0.2) is 50.6 Å². The number of rotatable bonds is 7. The molecule has 2 N–H and O–H groups in total. The topological polar surface area (TPSA) is 39.7 Å². The molecule has 0 radical (unpaired) electrons. The summed E-state index contributed by atoms with van der Waals surface area (Å²) in [6.45, 7) is 5.67. The third-order valence-electron chi connectivity index (χ3n) is 3.91. The number of benzene rings is 1. The second-order valence-corrected chi connectivity index (χ2v) is 5.56. The summed E-state index contributed by atoms with van der Waals surface area (Å²) in [4.78, 5) is 6.82. The average molecular weight is 416 g/mol. The first-order chi connectivity index (χ1) is 10.4. The maximum Gasteiger partial charge on any atom is 0.190 e. The van der Waals surface area contributed by atoms with Gasteiger partial charge in [0, 0.05) is 20.1 Å². The summed E-state index contributed by atoms with van der Waals surface area (Å²) in [7, 11) is 1.83. The minimum Gasteiger partial charge on any atom is -0.356 e. The summed E-state index contributed by atoms with van der Waals surface area (Å²) in [6.07, 6.45) is 4.95. The van der Waals surface area contributed by atoms with E-state index in [1.54, 1.807) is 0 Å². The van der Waals surface area contributed by atoms with Crippen LogP contribution < -0.4 is 10.6 Å². The van der Waals surface area contributed by atoms with Gasteiger partial charge in [0.2, 0.25) is 0 Å². The van der Waals surface area contributed by atoms with Crippen molar-refractivity contribution in [2.24, 2.45) is 4.99 Å². The minimum atomic E-state index is 0. The van der Waals surface area contributed by atoms with Crippen LogP contribution in [0.25, 0.3) is 0 Å². The summed E-state index contributed by atoms with van der Waals surface area (Å²) in [6, 6.07) is 10.5. The normalized spacial score (nSPS) is 15.4. The summed E-state index contributed by atoms with van der Waals surface area (Å²) in [5.74, 6) is 0.910. The van der Waals surface area contributed by atoms with Crippen molar-refractivity contribution in [3.63, 3.8) is 0 Å². The fourth-order valence-electron chi connectivity index (χ4n) is 2.71. The highest BCUT2D eigenvalue weighted by molar-refractivity contribution is 14.0. The lowest BCUT2D eigenvalue weighted by molar-refractivity contribution is 0.334. The third-order valence-corrected chi connectivity index (χ3v) is 3.91.